The highest BCUT2D eigenvalue weighted by molar-refractivity contribution is 6.35. The molecule has 1 N–H and O–H groups in total. The number of aromatic nitrogens is 1. The molecule has 0 unspecified atom stereocenters. The van der Waals surface area contributed by atoms with Gasteiger partial charge in [0.1, 0.15) is 11.9 Å². The Morgan fingerprint density at radius 3 is 2.75 bits per heavy atom. The smallest absolute Gasteiger partial charge is 0.144 e. The van der Waals surface area contributed by atoms with Crippen LogP contribution >= 0.6 is 23.2 Å². The Labute approximate surface area is 128 Å². The van der Waals surface area contributed by atoms with Gasteiger partial charge >= 0.3 is 0 Å². The Hall–Kier alpha value is -1.76. The third-order valence-corrected chi connectivity index (χ3v) is 3.44. The number of nitrogens with zero attached hydrogens (tertiary/aromatic N) is 2. The number of hydrogen-bond acceptors (Lipinski definition) is 3. The van der Waals surface area contributed by atoms with Crippen molar-refractivity contribution in [1.29, 1.82) is 5.26 Å². The number of nitrogens with one attached hydrogen (secondary N) is 1. The Kier molecular flexibility index (Phi) is 4.84. The molecule has 0 amide bonds. The van der Waals surface area contributed by atoms with Crippen molar-refractivity contribution in [2.75, 3.05) is 11.9 Å². The fourth-order valence-corrected chi connectivity index (χ4v) is 2.32. The van der Waals surface area contributed by atoms with Gasteiger partial charge in [0.15, 0.2) is 0 Å². The maximum Gasteiger partial charge on any atom is 0.144 e. The summed E-state index contributed by atoms with van der Waals surface area (Å²) in [6.07, 6.45) is 0.733. The summed E-state index contributed by atoms with van der Waals surface area (Å²) >= 11 is 12.0. The molecule has 1 heterocycles. The maximum absolute atomic E-state index is 9.03. The van der Waals surface area contributed by atoms with E-state index >= 15 is 0 Å². The molecule has 3 nitrogen and oxygen atoms in total. The lowest BCUT2D eigenvalue weighted by Gasteiger charge is -2.09. The molecule has 2 aromatic rings. The van der Waals surface area contributed by atoms with Gasteiger partial charge in [-0.25, -0.2) is 4.98 Å². The second-order valence-electron chi connectivity index (χ2n) is 4.37. The molecule has 20 heavy (non-hydrogen) atoms. The second kappa shape index (κ2) is 6.60. The monoisotopic (exact) mass is 305 g/mol. The first-order valence-corrected chi connectivity index (χ1v) is 6.91. The fourth-order valence-electron chi connectivity index (χ4n) is 1.82. The molecule has 0 fully saturated rings. The summed E-state index contributed by atoms with van der Waals surface area (Å²) in [5.74, 6) is 0.609. The van der Waals surface area contributed by atoms with E-state index in [1.165, 1.54) is 0 Å². The highest BCUT2D eigenvalue weighted by Gasteiger charge is 2.05. The van der Waals surface area contributed by atoms with E-state index in [1.807, 2.05) is 25.1 Å². The maximum atomic E-state index is 9.03. The number of nitriles is 1. The number of benzene rings is 1. The van der Waals surface area contributed by atoms with Crippen molar-refractivity contribution < 1.29 is 0 Å². The van der Waals surface area contributed by atoms with Crippen LogP contribution in [-0.4, -0.2) is 11.5 Å². The number of rotatable bonds is 4. The molecule has 0 spiro atoms. The van der Waals surface area contributed by atoms with E-state index in [0.717, 1.165) is 17.7 Å². The number of pyridine rings is 1. The van der Waals surface area contributed by atoms with Crippen LogP contribution in [0.5, 0.6) is 0 Å². The standard InChI is InChI=1S/C15H13Cl2N3/c1-10-2-3-12(9-18)15(20-10)19-7-6-11-4-5-13(16)8-14(11)17/h2-5,8H,6-7H2,1H3,(H,19,20). The molecule has 1 aromatic heterocycles. The average Bonchev–Trinajstić information content (AvgIpc) is 2.41. The third kappa shape index (κ3) is 3.63. The summed E-state index contributed by atoms with van der Waals surface area (Å²) in [4.78, 5) is 4.32. The molecule has 0 saturated carbocycles. The zero-order valence-corrected chi connectivity index (χ0v) is 12.5. The number of anilines is 1. The van der Waals surface area contributed by atoms with Crippen molar-refractivity contribution in [2.24, 2.45) is 0 Å². The Morgan fingerprint density at radius 1 is 1.25 bits per heavy atom. The van der Waals surface area contributed by atoms with Crippen molar-refractivity contribution >= 4 is 29.0 Å². The molecule has 2 rings (SSSR count). The van der Waals surface area contributed by atoms with Crippen LogP contribution in [0.1, 0.15) is 16.8 Å². The molecule has 5 heteroatoms. The van der Waals surface area contributed by atoms with Crippen LogP contribution in [0, 0.1) is 18.3 Å². The van der Waals surface area contributed by atoms with Crippen LogP contribution in [-0.2, 0) is 6.42 Å². The topological polar surface area (TPSA) is 48.7 Å². The first-order valence-electron chi connectivity index (χ1n) is 6.15. The van der Waals surface area contributed by atoms with Crippen molar-refractivity contribution in [3.63, 3.8) is 0 Å². The zero-order chi connectivity index (χ0) is 14.5. The minimum absolute atomic E-state index is 0.540. The minimum Gasteiger partial charge on any atom is -0.369 e. The molecule has 0 aliphatic heterocycles. The van der Waals surface area contributed by atoms with Gasteiger partial charge in [0, 0.05) is 22.3 Å². The van der Waals surface area contributed by atoms with E-state index < -0.39 is 0 Å². The van der Waals surface area contributed by atoms with E-state index in [1.54, 1.807) is 12.1 Å². The highest BCUT2D eigenvalue weighted by Crippen LogP contribution is 2.21. The van der Waals surface area contributed by atoms with Gasteiger partial charge in [0.2, 0.25) is 0 Å². The molecule has 0 saturated heterocycles. The van der Waals surface area contributed by atoms with E-state index in [2.05, 4.69) is 16.4 Å². The van der Waals surface area contributed by atoms with Gasteiger partial charge in [-0.3, -0.25) is 0 Å². The first-order chi connectivity index (χ1) is 9.60. The van der Waals surface area contributed by atoms with E-state index in [0.29, 0.717) is 28.0 Å². The molecular formula is C15H13Cl2N3. The van der Waals surface area contributed by atoms with Crippen LogP contribution in [0.3, 0.4) is 0 Å². The van der Waals surface area contributed by atoms with Gasteiger partial charge in [0.05, 0.1) is 5.56 Å². The Bertz CT molecular complexity index is 663. The lowest BCUT2D eigenvalue weighted by Crippen LogP contribution is -2.08. The van der Waals surface area contributed by atoms with Gasteiger partial charge in [0.25, 0.3) is 0 Å². The number of hydrogen-bond donors (Lipinski definition) is 1. The quantitative estimate of drug-likeness (QED) is 0.920. The van der Waals surface area contributed by atoms with E-state index in [4.69, 9.17) is 28.5 Å². The molecular weight excluding hydrogens is 293 g/mol. The summed E-state index contributed by atoms with van der Waals surface area (Å²) in [7, 11) is 0. The van der Waals surface area contributed by atoms with Crippen molar-refractivity contribution in [2.45, 2.75) is 13.3 Å². The molecule has 1 aromatic carbocycles. The van der Waals surface area contributed by atoms with Gasteiger partial charge in [-0.05, 0) is 43.2 Å². The molecule has 0 atom stereocenters. The van der Waals surface area contributed by atoms with Gasteiger partial charge in [-0.15, -0.1) is 0 Å². The summed E-state index contributed by atoms with van der Waals surface area (Å²) in [6.45, 7) is 2.54. The van der Waals surface area contributed by atoms with Gasteiger partial charge < -0.3 is 5.32 Å². The van der Waals surface area contributed by atoms with Gasteiger partial charge in [-0.2, -0.15) is 5.26 Å². The first kappa shape index (κ1) is 14.6. The van der Waals surface area contributed by atoms with Crippen molar-refractivity contribution in [3.05, 3.63) is 57.2 Å². The molecule has 0 radical (unpaired) electrons. The van der Waals surface area contributed by atoms with Crippen LogP contribution in [0.15, 0.2) is 30.3 Å². The van der Waals surface area contributed by atoms with Crippen LogP contribution in [0.4, 0.5) is 5.82 Å². The summed E-state index contributed by atoms with van der Waals surface area (Å²) in [5, 5.41) is 13.5. The Balaban J connectivity index is 2.03. The van der Waals surface area contributed by atoms with Crippen LogP contribution in [0.2, 0.25) is 10.0 Å². The largest absolute Gasteiger partial charge is 0.369 e. The molecule has 0 aliphatic carbocycles. The summed E-state index contributed by atoms with van der Waals surface area (Å²) < 4.78 is 0. The lowest BCUT2D eigenvalue weighted by atomic mass is 10.1. The zero-order valence-electron chi connectivity index (χ0n) is 11.0. The third-order valence-electron chi connectivity index (χ3n) is 2.86. The molecule has 102 valence electrons. The normalized spacial score (nSPS) is 10.1. The van der Waals surface area contributed by atoms with Crippen LogP contribution < -0.4 is 5.32 Å². The predicted octanol–water partition coefficient (Wildman–Crippen LogP) is 4.22. The lowest BCUT2D eigenvalue weighted by molar-refractivity contribution is 0.999. The fraction of sp³-hybridized carbons (Fsp3) is 0.200. The molecule has 0 aliphatic rings. The highest BCUT2D eigenvalue weighted by atomic mass is 35.5. The van der Waals surface area contributed by atoms with Gasteiger partial charge in [-0.1, -0.05) is 29.3 Å². The Morgan fingerprint density at radius 2 is 2.05 bits per heavy atom. The SMILES string of the molecule is Cc1ccc(C#N)c(NCCc2ccc(Cl)cc2Cl)n1. The van der Waals surface area contributed by atoms with Crippen molar-refractivity contribution in [1.82, 2.24) is 4.98 Å². The predicted molar refractivity (Wildman–Crippen MR) is 82.3 cm³/mol. The average molecular weight is 306 g/mol. The van der Waals surface area contributed by atoms with Crippen LogP contribution in [0.25, 0.3) is 0 Å². The number of halogens is 2. The summed E-state index contributed by atoms with van der Waals surface area (Å²) in [5.41, 5.74) is 2.42. The van der Waals surface area contributed by atoms with E-state index in [9.17, 15) is 0 Å². The second-order valence-corrected chi connectivity index (χ2v) is 5.22. The van der Waals surface area contributed by atoms with E-state index in [-0.39, 0.29) is 0 Å². The number of aryl methyl sites for hydroxylation is 1. The summed E-state index contributed by atoms with van der Waals surface area (Å²) in [6, 6.07) is 11.1. The van der Waals surface area contributed by atoms with Crippen molar-refractivity contribution in [3.8, 4) is 6.07 Å². The minimum atomic E-state index is 0.540. The molecule has 0 bridgehead atoms.